The molecule has 3 amide bonds. The van der Waals surface area contributed by atoms with Crippen molar-refractivity contribution in [1.82, 2.24) is 19.7 Å². The quantitative estimate of drug-likeness (QED) is 0.559. The van der Waals surface area contributed by atoms with E-state index < -0.39 is 6.09 Å². The van der Waals surface area contributed by atoms with Crippen LogP contribution in [0.3, 0.4) is 0 Å². The number of benzene rings is 1. The first kappa shape index (κ1) is 29.9. The van der Waals surface area contributed by atoms with Gasteiger partial charge in [0.15, 0.2) is 0 Å². The minimum absolute atomic E-state index is 0.0108. The number of amides is 3. The molecular formula is C31H40FN5O5. The fourth-order valence-electron chi connectivity index (χ4n) is 6.34. The summed E-state index contributed by atoms with van der Waals surface area (Å²) in [7, 11) is 0. The summed E-state index contributed by atoms with van der Waals surface area (Å²) in [6, 6.07) is 7.52. The predicted octanol–water partition coefficient (Wildman–Crippen LogP) is 3.12. The van der Waals surface area contributed by atoms with Gasteiger partial charge in [-0.15, -0.1) is 0 Å². The maximum Gasteiger partial charge on any atom is 0.407 e. The summed E-state index contributed by atoms with van der Waals surface area (Å²) in [5.41, 5.74) is 3.14. The standard InChI is InChI=1S/C31H40FN5O5/c1-19-13-34(25(14-35(19)30(40)41)15-36-20(2)21(3)42-17-28(36)39)16-27(38)37-18-31(4,5)29-26(37)11-23(12-33-29)10-22-6-8-24(32)9-7-22/h6-9,11-12,19-21,25H,10,13-18H2,1-5H3,(H,40,41)/t19-,20-,21+,25-/m1/s1. The Bertz CT molecular complexity index is 1350. The lowest BCUT2D eigenvalue weighted by atomic mass is 9.91. The van der Waals surface area contributed by atoms with Crippen molar-refractivity contribution in [2.45, 2.75) is 70.7 Å². The van der Waals surface area contributed by atoms with Crippen LogP contribution in [0.25, 0.3) is 0 Å². The van der Waals surface area contributed by atoms with Gasteiger partial charge in [0.1, 0.15) is 12.4 Å². The molecule has 0 radical (unpaired) electrons. The second kappa shape index (κ2) is 11.6. The Morgan fingerprint density at radius 3 is 2.52 bits per heavy atom. The van der Waals surface area contributed by atoms with Gasteiger partial charge in [0.05, 0.1) is 30.1 Å². The van der Waals surface area contributed by atoms with E-state index in [0.29, 0.717) is 26.1 Å². The lowest BCUT2D eigenvalue weighted by molar-refractivity contribution is -0.156. The number of rotatable bonds is 6. The number of ether oxygens (including phenoxy) is 1. The largest absolute Gasteiger partial charge is 0.465 e. The lowest BCUT2D eigenvalue weighted by Gasteiger charge is -2.47. The molecule has 0 saturated carbocycles. The Morgan fingerprint density at radius 2 is 1.83 bits per heavy atom. The van der Waals surface area contributed by atoms with E-state index in [-0.39, 0.29) is 67.0 Å². The second-order valence-electron chi connectivity index (χ2n) is 12.5. The molecule has 1 aromatic heterocycles. The van der Waals surface area contributed by atoms with Crippen LogP contribution in [0.4, 0.5) is 14.9 Å². The van der Waals surface area contributed by atoms with E-state index >= 15 is 0 Å². The number of morpholine rings is 1. The van der Waals surface area contributed by atoms with E-state index in [1.165, 1.54) is 17.0 Å². The number of aromatic nitrogens is 1. The van der Waals surface area contributed by atoms with Gasteiger partial charge in [-0.1, -0.05) is 26.0 Å². The average molecular weight is 582 g/mol. The first-order valence-corrected chi connectivity index (χ1v) is 14.5. The molecule has 5 rings (SSSR count). The molecule has 42 heavy (non-hydrogen) atoms. The molecule has 0 bridgehead atoms. The summed E-state index contributed by atoms with van der Waals surface area (Å²) in [5.74, 6) is -0.524. The number of anilines is 1. The highest BCUT2D eigenvalue weighted by Gasteiger charge is 2.43. The molecule has 2 aromatic rings. The minimum atomic E-state index is -1.01. The Hall–Kier alpha value is -3.57. The Morgan fingerprint density at radius 1 is 1.12 bits per heavy atom. The maximum atomic E-state index is 14.0. The van der Waals surface area contributed by atoms with Crippen molar-refractivity contribution in [3.63, 3.8) is 0 Å². The third-order valence-corrected chi connectivity index (χ3v) is 8.94. The third-order valence-electron chi connectivity index (χ3n) is 8.94. The highest BCUT2D eigenvalue weighted by molar-refractivity contribution is 5.97. The van der Waals surface area contributed by atoms with E-state index in [1.54, 1.807) is 21.9 Å². The molecule has 3 aliphatic heterocycles. The molecule has 226 valence electrons. The fourth-order valence-corrected chi connectivity index (χ4v) is 6.34. The van der Waals surface area contributed by atoms with Crippen LogP contribution >= 0.6 is 0 Å². The number of carbonyl (C=O) groups excluding carboxylic acids is 2. The molecule has 2 saturated heterocycles. The van der Waals surface area contributed by atoms with Crippen LogP contribution in [0.5, 0.6) is 0 Å². The number of hydrogen-bond donors (Lipinski definition) is 1. The van der Waals surface area contributed by atoms with E-state index in [4.69, 9.17) is 9.72 Å². The van der Waals surface area contributed by atoms with Crippen molar-refractivity contribution in [2.24, 2.45) is 0 Å². The topological polar surface area (TPSA) is 107 Å². The van der Waals surface area contributed by atoms with Gasteiger partial charge in [-0.2, -0.15) is 0 Å². The van der Waals surface area contributed by atoms with Gasteiger partial charge in [0, 0.05) is 49.9 Å². The van der Waals surface area contributed by atoms with Crippen LogP contribution in [-0.4, -0.2) is 106 Å². The van der Waals surface area contributed by atoms with Crippen molar-refractivity contribution in [1.29, 1.82) is 0 Å². The minimum Gasteiger partial charge on any atom is -0.465 e. The normalized spacial score (nSPS) is 26.0. The molecule has 1 N–H and O–H groups in total. The Balaban J connectivity index is 1.38. The zero-order valence-electron chi connectivity index (χ0n) is 24.9. The van der Waals surface area contributed by atoms with Crippen LogP contribution in [0.2, 0.25) is 0 Å². The monoisotopic (exact) mass is 581 g/mol. The molecule has 4 heterocycles. The molecule has 0 spiro atoms. The van der Waals surface area contributed by atoms with E-state index in [1.807, 2.05) is 37.9 Å². The number of carbonyl (C=O) groups is 3. The number of pyridine rings is 1. The third kappa shape index (κ3) is 5.98. The summed E-state index contributed by atoms with van der Waals surface area (Å²) in [4.78, 5) is 50.5. The van der Waals surface area contributed by atoms with Crippen LogP contribution in [0.1, 0.15) is 51.4 Å². The summed E-state index contributed by atoms with van der Waals surface area (Å²) >= 11 is 0. The highest BCUT2D eigenvalue weighted by atomic mass is 19.1. The molecule has 10 nitrogen and oxygen atoms in total. The summed E-state index contributed by atoms with van der Waals surface area (Å²) in [6.07, 6.45) is 1.23. The van der Waals surface area contributed by atoms with Gasteiger partial charge < -0.3 is 24.5 Å². The van der Waals surface area contributed by atoms with Gasteiger partial charge in [-0.25, -0.2) is 9.18 Å². The lowest BCUT2D eigenvalue weighted by Crippen LogP contribution is -2.65. The number of hydrogen-bond acceptors (Lipinski definition) is 6. The smallest absolute Gasteiger partial charge is 0.407 e. The van der Waals surface area contributed by atoms with E-state index in [2.05, 4.69) is 13.8 Å². The predicted molar refractivity (Wildman–Crippen MR) is 155 cm³/mol. The van der Waals surface area contributed by atoms with Gasteiger partial charge in [0.25, 0.3) is 0 Å². The van der Waals surface area contributed by atoms with Crippen LogP contribution < -0.4 is 4.90 Å². The van der Waals surface area contributed by atoms with Crippen LogP contribution in [-0.2, 0) is 26.2 Å². The van der Waals surface area contributed by atoms with E-state index in [9.17, 15) is 23.9 Å². The molecule has 2 fully saturated rings. The maximum absolute atomic E-state index is 14.0. The number of halogens is 1. The molecule has 3 aliphatic rings. The second-order valence-corrected chi connectivity index (χ2v) is 12.5. The number of piperazine rings is 1. The van der Waals surface area contributed by atoms with Crippen molar-refractivity contribution in [3.8, 4) is 0 Å². The van der Waals surface area contributed by atoms with Gasteiger partial charge in [-0.05, 0) is 56.5 Å². The van der Waals surface area contributed by atoms with Crippen LogP contribution in [0.15, 0.2) is 36.5 Å². The first-order valence-electron chi connectivity index (χ1n) is 14.5. The number of carboxylic acid groups (broad SMARTS) is 1. The molecule has 11 heteroatoms. The molecule has 0 unspecified atom stereocenters. The Kier molecular flexibility index (Phi) is 8.26. The van der Waals surface area contributed by atoms with E-state index in [0.717, 1.165) is 22.5 Å². The summed E-state index contributed by atoms with van der Waals surface area (Å²) < 4.78 is 19.0. The molecule has 0 aliphatic carbocycles. The molecular weight excluding hydrogens is 541 g/mol. The molecule has 4 atom stereocenters. The first-order chi connectivity index (χ1) is 19.8. The number of fused-ring (bicyclic) bond motifs is 1. The molecule has 1 aromatic carbocycles. The SMILES string of the molecule is C[C@@H]1OCC(=O)N(C[C@H]2CN(C(=O)O)[C@H](C)CN2CC(=O)N2CC(C)(C)c3ncc(Cc4ccc(F)cc4)cc32)[C@@H]1C. The number of nitrogens with zero attached hydrogens (tertiary/aromatic N) is 5. The van der Waals surface area contributed by atoms with Crippen molar-refractivity contribution >= 4 is 23.6 Å². The van der Waals surface area contributed by atoms with Crippen molar-refractivity contribution in [2.75, 3.05) is 44.2 Å². The summed E-state index contributed by atoms with van der Waals surface area (Å²) in [5, 5.41) is 9.84. The average Bonchev–Trinajstić information content (AvgIpc) is 3.21. The van der Waals surface area contributed by atoms with Crippen molar-refractivity contribution < 1.29 is 28.6 Å². The van der Waals surface area contributed by atoms with Gasteiger partial charge >= 0.3 is 6.09 Å². The Labute approximate surface area is 246 Å². The van der Waals surface area contributed by atoms with Gasteiger partial charge in [-0.3, -0.25) is 19.5 Å². The summed E-state index contributed by atoms with van der Waals surface area (Å²) in [6.45, 7) is 11.2. The zero-order chi connectivity index (χ0) is 30.3. The van der Waals surface area contributed by atoms with Gasteiger partial charge in [0.2, 0.25) is 11.8 Å². The van der Waals surface area contributed by atoms with Crippen LogP contribution in [0, 0.1) is 5.82 Å². The zero-order valence-corrected chi connectivity index (χ0v) is 24.9. The fraction of sp³-hybridized carbons (Fsp3) is 0.548. The highest BCUT2D eigenvalue weighted by Crippen LogP contribution is 2.40. The van der Waals surface area contributed by atoms with Crippen molar-refractivity contribution in [3.05, 3.63) is 59.2 Å².